The van der Waals surface area contributed by atoms with Gasteiger partial charge in [-0.2, -0.15) is 13.2 Å². The number of pyridine rings is 1. The van der Waals surface area contributed by atoms with Crippen molar-refractivity contribution in [1.29, 1.82) is 0 Å². The first kappa shape index (κ1) is 29.5. The Morgan fingerprint density at radius 1 is 1.00 bits per heavy atom. The molecule has 1 spiro atoms. The predicted molar refractivity (Wildman–Crippen MR) is 149 cm³/mol. The molecular weight excluding hydrogens is 567 g/mol. The van der Waals surface area contributed by atoms with Crippen molar-refractivity contribution in [2.45, 2.75) is 37.9 Å². The summed E-state index contributed by atoms with van der Waals surface area (Å²) in [4.78, 5) is 58.0. The molecule has 0 bridgehead atoms. The Morgan fingerprint density at radius 3 is 2.49 bits per heavy atom. The molecule has 1 aromatic heterocycles. The van der Waals surface area contributed by atoms with Gasteiger partial charge in [0.2, 0.25) is 11.8 Å². The summed E-state index contributed by atoms with van der Waals surface area (Å²) in [5.41, 5.74) is 0.206. The Bertz CT molecular complexity index is 1570. The quantitative estimate of drug-likeness (QED) is 0.376. The van der Waals surface area contributed by atoms with Gasteiger partial charge in [0.1, 0.15) is 24.7 Å². The Kier molecular flexibility index (Phi) is 8.07. The van der Waals surface area contributed by atoms with E-state index in [-0.39, 0.29) is 41.6 Å². The molecule has 1 unspecified atom stereocenters. The summed E-state index contributed by atoms with van der Waals surface area (Å²) in [5, 5.41) is 5.38. The summed E-state index contributed by atoms with van der Waals surface area (Å²) in [5.74, 6) is -1.47. The number of alkyl halides is 3. The second kappa shape index (κ2) is 11.7. The third kappa shape index (κ3) is 6.01. The lowest BCUT2D eigenvalue weighted by molar-refractivity contribution is -0.156. The Hall–Kier alpha value is -4.94. The maximum Gasteiger partial charge on any atom is 0.406 e. The second-order valence-electron chi connectivity index (χ2n) is 10.2. The summed E-state index contributed by atoms with van der Waals surface area (Å²) in [6.07, 6.45) is -2.81. The average Bonchev–Trinajstić information content (AvgIpc) is 3.14. The minimum atomic E-state index is -4.84. The number of rotatable bonds is 8. The molecule has 0 saturated carbocycles. The normalized spacial score (nSPS) is 18.0. The number of nitrogens with one attached hydrogen (secondary N) is 2. The number of halogens is 3. The largest absolute Gasteiger partial charge is 0.493 e. The lowest BCUT2D eigenvalue weighted by Crippen LogP contribution is -2.52. The number of carbonyl (C=O) groups excluding carboxylic acids is 4. The molecule has 43 heavy (non-hydrogen) atoms. The molecular formula is C30H28F3N5O5. The highest BCUT2D eigenvalue weighted by Gasteiger charge is 2.62. The highest BCUT2D eigenvalue weighted by atomic mass is 19.4. The van der Waals surface area contributed by atoms with Crippen molar-refractivity contribution in [2.75, 3.05) is 30.3 Å². The smallest absolute Gasteiger partial charge is 0.406 e. The molecule has 5 rings (SSSR count). The minimum absolute atomic E-state index is 0.00509. The van der Waals surface area contributed by atoms with Gasteiger partial charge in [-0.3, -0.25) is 24.2 Å². The molecule has 2 N–H and O–H groups in total. The number of hydrogen-bond acceptors (Lipinski definition) is 6. The average molecular weight is 596 g/mol. The van der Waals surface area contributed by atoms with E-state index in [1.807, 2.05) is 6.92 Å². The van der Waals surface area contributed by atoms with Gasteiger partial charge in [-0.15, -0.1) is 0 Å². The number of fused-ring (bicyclic) bond motifs is 2. The lowest BCUT2D eigenvalue weighted by Gasteiger charge is -2.39. The molecule has 10 nitrogen and oxygen atoms in total. The fourth-order valence-corrected chi connectivity index (χ4v) is 5.49. The zero-order valence-corrected chi connectivity index (χ0v) is 23.1. The molecule has 13 heteroatoms. The number of amides is 5. The molecule has 1 saturated heterocycles. The lowest BCUT2D eigenvalue weighted by atomic mass is 9.83. The summed E-state index contributed by atoms with van der Waals surface area (Å²) < 4.78 is 45.8. The van der Waals surface area contributed by atoms with Gasteiger partial charge >= 0.3 is 12.2 Å². The van der Waals surface area contributed by atoms with Crippen LogP contribution >= 0.6 is 0 Å². The van der Waals surface area contributed by atoms with Gasteiger partial charge < -0.3 is 15.4 Å². The van der Waals surface area contributed by atoms with Gasteiger partial charge in [0.25, 0.3) is 5.91 Å². The number of hydrogen-bond donors (Lipinski definition) is 2. The van der Waals surface area contributed by atoms with E-state index in [2.05, 4.69) is 15.6 Å². The van der Waals surface area contributed by atoms with Crippen LogP contribution in [0.2, 0.25) is 0 Å². The van der Waals surface area contributed by atoms with Crippen LogP contribution in [0.4, 0.5) is 29.5 Å². The first-order valence-electron chi connectivity index (χ1n) is 13.6. The van der Waals surface area contributed by atoms with Crippen LogP contribution < -0.4 is 15.4 Å². The van der Waals surface area contributed by atoms with Crippen LogP contribution in [-0.2, 0) is 32.8 Å². The first-order chi connectivity index (χ1) is 20.5. The molecule has 0 aliphatic carbocycles. The Labute approximate surface area is 244 Å². The van der Waals surface area contributed by atoms with Crippen molar-refractivity contribution in [3.05, 3.63) is 83.6 Å². The molecule has 1 atom stereocenters. The molecule has 3 heterocycles. The van der Waals surface area contributed by atoms with E-state index in [0.717, 1.165) is 10.5 Å². The topological polar surface area (TPSA) is 121 Å². The fraction of sp³-hybridized carbons (Fsp3) is 0.300. The van der Waals surface area contributed by atoms with Crippen LogP contribution in [0.1, 0.15) is 30.0 Å². The molecule has 3 aromatic rings. The van der Waals surface area contributed by atoms with Crippen molar-refractivity contribution >= 4 is 35.3 Å². The number of anilines is 2. The highest BCUT2D eigenvalue weighted by Crippen LogP contribution is 2.47. The van der Waals surface area contributed by atoms with Crippen molar-refractivity contribution in [1.82, 2.24) is 14.8 Å². The maximum atomic E-state index is 13.6. The van der Waals surface area contributed by atoms with E-state index in [4.69, 9.17) is 4.74 Å². The van der Waals surface area contributed by atoms with Crippen LogP contribution in [0.25, 0.3) is 0 Å². The van der Waals surface area contributed by atoms with Gasteiger partial charge in [0.05, 0.1) is 13.0 Å². The van der Waals surface area contributed by atoms with Crippen molar-refractivity contribution in [3.8, 4) is 5.75 Å². The minimum Gasteiger partial charge on any atom is -0.493 e. The molecule has 224 valence electrons. The van der Waals surface area contributed by atoms with E-state index < -0.39 is 42.7 Å². The fourth-order valence-electron chi connectivity index (χ4n) is 5.49. The van der Waals surface area contributed by atoms with Gasteiger partial charge in [-0.25, -0.2) is 9.78 Å². The van der Waals surface area contributed by atoms with Gasteiger partial charge in [0.15, 0.2) is 5.54 Å². The number of imide groups is 1. The van der Waals surface area contributed by atoms with Crippen molar-refractivity contribution in [2.24, 2.45) is 0 Å². The predicted octanol–water partition coefficient (Wildman–Crippen LogP) is 4.27. The summed E-state index contributed by atoms with van der Waals surface area (Å²) >= 11 is 0. The van der Waals surface area contributed by atoms with Crippen molar-refractivity contribution in [3.63, 3.8) is 0 Å². The summed E-state index contributed by atoms with van der Waals surface area (Å²) in [6.45, 7) is -0.605. The van der Waals surface area contributed by atoms with Gasteiger partial charge in [-0.05, 0) is 47.9 Å². The molecule has 2 aliphatic rings. The van der Waals surface area contributed by atoms with E-state index in [9.17, 15) is 32.3 Å². The third-order valence-electron chi connectivity index (χ3n) is 7.37. The zero-order chi connectivity index (χ0) is 30.8. The second-order valence-corrected chi connectivity index (χ2v) is 10.2. The summed E-state index contributed by atoms with van der Waals surface area (Å²) in [6, 6.07) is 15.2. The maximum absolute atomic E-state index is 13.6. The van der Waals surface area contributed by atoms with Crippen LogP contribution in [-0.4, -0.2) is 64.4 Å². The van der Waals surface area contributed by atoms with Gasteiger partial charge in [0, 0.05) is 23.9 Å². The number of aromatic nitrogens is 1. The standard InChI is InChI=1S/C30H28F3N5O5/c1-2-19-10-11-21(15-20(19)16-25(39)36-24-9-5-6-13-34-24)35-26(40)17-38-28(42)37(18-30(31,32)33)27(41)29(38)12-14-43-23-8-4-3-7-22(23)29/h3-11,13,15H,2,12,14,16-18H2,1H3,(H,35,40)(H,34,36,39). The number of para-hydroxylation sites is 1. The molecule has 1 fully saturated rings. The van der Waals surface area contributed by atoms with Crippen LogP contribution in [0.5, 0.6) is 5.75 Å². The highest BCUT2D eigenvalue weighted by molar-refractivity contribution is 6.09. The van der Waals surface area contributed by atoms with E-state index in [1.54, 1.807) is 60.8 Å². The van der Waals surface area contributed by atoms with Crippen LogP contribution in [0.15, 0.2) is 66.9 Å². The first-order valence-corrected chi connectivity index (χ1v) is 13.6. The number of carbonyl (C=O) groups is 4. The monoisotopic (exact) mass is 595 g/mol. The number of ether oxygens (including phenoxy) is 1. The Morgan fingerprint density at radius 2 is 1.77 bits per heavy atom. The van der Waals surface area contributed by atoms with Crippen LogP contribution in [0, 0.1) is 0 Å². The molecule has 2 aromatic carbocycles. The van der Waals surface area contributed by atoms with E-state index in [1.165, 1.54) is 6.07 Å². The van der Waals surface area contributed by atoms with Gasteiger partial charge in [-0.1, -0.05) is 37.3 Å². The zero-order valence-electron chi connectivity index (χ0n) is 23.1. The Balaban J connectivity index is 1.39. The molecule has 5 amide bonds. The third-order valence-corrected chi connectivity index (χ3v) is 7.37. The van der Waals surface area contributed by atoms with E-state index >= 15 is 0 Å². The SMILES string of the molecule is CCc1ccc(NC(=O)CN2C(=O)N(CC(F)(F)F)C(=O)C23CCOc2ccccc23)cc1CC(=O)Nc1ccccn1. The number of nitrogens with zero attached hydrogens (tertiary/aromatic N) is 3. The van der Waals surface area contributed by atoms with E-state index in [0.29, 0.717) is 23.5 Å². The molecule has 2 aliphatic heterocycles. The number of aryl methyl sites for hydroxylation is 1. The number of benzene rings is 2. The summed E-state index contributed by atoms with van der Waals surface area (Å²) in [7, 11) is 0. The number of urea groups is 1. The van der Waals surface area contributed by atoms with Crippen molar-refractivity contribution < 1.29 is 37.1 Å². The molecule has 0 radical (unpaired) electrons. The van der Waals surface area contributed by atoms with Crippen LogP contribution in [0.3, 0.4) is 0 Å².